The predicted octanol–water partition coefficient (Wildman–Crippen LogP) is -13.4. The van der Waals surface area contributed by atoms with E-state index in [1.165, 1.54) is 0 Å². The molecule has 0 aromatic rings. The molecule has 46 heteroatoms. The van der Waals surface area contributed by atoms with E-state index in [4.69, 9.17) is 118 Å². The van der Waals surface area contributed by atoms with Crippen molar-refractivity contribution in [2.75, 3.05) is 0 Å². The van der Waals surface area contributed by atoms with E-state index in [0.29, 0.717) is 0 Å². The van der Waals surface area contributed by atoms with Gasteiger partial charge in [-0.15, -0.1) is 0 Å². The molecule has 0 heterocycles. The number of hydrogen-bond acceptors (Lipinski definition) is 18. The summed E-state index contributed by atoms with van der Waals surface area (Å²) in [5.41, 5.74) is 0. The van der Waals surface area contributed by atoms with Crippen LogP contribution in [0.4, 0.5) is 0 Å². The van der Waals surface area contributed by atoms with Crippen LogP contribution in [0.2, 0.25) is 0 Å². The Morgan fingerprint density at radius 1 is 0.283 bits per heavy atom. The van der Waals surface area contributed by atoms with Crippen LogP contribution in [0, 0.1) is 0 Å². The molecule has 0 aliphatic rings. The van der Waals surface area contributed by atoms with Gasteiger partial charge in [0.05, 0.1) is 0 Å². The molecule has 38 nitrogen and oxygen atoms in total. The van der Waals surface area contributed by atoms with Crippen LogP contribution in [0.15, 0.2) is 0 Å². The molecule has 0 spiro atoms. The van der Waals surface area contributed by atoms with Crippen molar-refractivity contribution in [2.24, 2.45) is 0 Å². The Morgan fingerprint density at radius 3 is 0.283 bits per heavy atom. The average Bonchev–Trinajstić information content (AvgIpc) is 2.16. The van der Waals surface area contributed by atoms with Gasteiger partial charge in [0.25, 0.3) is 0 Å². The van der Waals surface area contributed by atoms with Gasteiger partial charge in [-0.1, -0.05) is 0 Å². The summed E-state index contributed by atoms with van der Waals surface area (Å²) < 4.78 is 258. The van der Waals surface area contributed by atoms with Crippen LogP contribution in [-0.4, -0.2) is 92.1 Å². The first kappa shape index (κ1) is 91.4. The van der Waals surface area contributed by atoms with Crippen molar-refractivity contribution < 1.29 is 257 Å². The van der Waals surface area contributed by atoms with Crippen molar-refractivity contribution >= 4 is 10.4 Å². The first-order valence-corrected chi connectivity index (χ1v) is 30.9. The quantitative estimate of drug-likeness (QED) is 0.0608. The second-order valence-electron chi connectivity index (χ2n) is 3.54. The van der Waals surface area contributed by atoms with Gasteiger partial charge in [0.1, 0.15) is 0 Å². The second-order valence-corrected chi connectivity index (χ2v) is 19.8. The summed E-state index contributed by atoms with van der Waals surface area (Å²) in [5.74, 6) is 0. The summed E-state index contributed by atoms with van der Waals surface area (Å²) in [6.07, 6.45) is 0. The van der Waals surface area contributed by atoms with Crippen molar-refractivity contribution in [3.63, 3.8) is 0 Å². The minimum absolute atomic E-state index is 0. The summed E-state index contributed by atoms with van der Waals surface area (Å²) in [6.45, 7) is 0. The van der Waals surface area contributed by atoms with E-state index in [-0.39, 0.29) is 34.2 Å². The van der Waals surface area contributed by atoms with Gasteiger partial charge in [0.2, 0.25) is 0 Å². The van der Waals surface area contributed by atoms with Gasteiger partial charge in [0.15, 0.2) is 0 Å². The van der Waals surface area contributed by atoms with Crippen LogP contribution < -0.4 is 12.3 Å². The number of rotatable bonds is 0. The third-order valence-electron chi connectivity index (χ3n) is 0. The van der Waals surface area contributed by atoms with E-state index >= 15 is 0 Å². The van der Waals surface area contributed by atoms with Crippen LogP contribution in [0.25, 0.3) is 0 Å². The molecule has 0 atom stereocenters. The van der Waals surface area contributed by atoms with Crippen LogP contribution in [0.3, 0.4) is 0 Å². The molecular weight excluding hydrogens is 1310 g/mol. The van der Waals surface area contributed by atoms with Gasteiger partial charge in [-0.25, -0.2) is 0 Å². The van der Waals surface area contributed by atoms with Gasteiger partial charge in [-0.3, -0.25) is 8.42 Å². The molecule has 0 aromatic heterocycles. The zero-order chi connectivity index (χ0) is 36.0. The molecule has 0 rings (SSSR count). The number of hydrogen-bond donors (Lipinski definition) is 16. The Morgan fingerprint density at radius 2 is 0.283 bits per heavy atom. The maximum absolute atomic E-state index is 8.85. The Balaban J connectivity index is -0.0000000208. The second kappa shape index (κ2) is 38.9. The summed E-state index contributed by atoms with van der Waals surface area (Å²) in [6, 6.07) is 0. The zero-order valence-corrected chi connectivity index (χ0v) is 35.7. The predicted molar refractivity (Wildman–Crippen MR) is 77.6 cm³/mol. The fraction of sp³-hybridized carbons (Fsp3) is 0. The van der Waals surface area contributed by atoms with E-state index in [2.05, 4.69) is 0 Å². The molecule has 304 valence electrons. The Hall–Kier alpha value is 1.09. The van der Waals surface area contributed by atoms with E-state index in [1.807, 2.05) is 0 Å². The summed E-state index contributed by atoms with van der Waals surface area (Å²) >= 11 is -38.6. The molecule has 0 saturated carbocycles. The molecule has 0 radical (unpaired) electrons. The number of quaternary nitrogens is 2. The average molecular weight is 1340 g/mol. The normalized spacial score (nSPS) is 10.1. The fourth-order valence-electron chi connectivity index (χ4n) is 0. The van der Waals surface area contributed by atoms with Crippen LogP contribution in [0.1, 0.15) is 0 Å². The van der Waals surface area contributed by atoms with Crippen LogP contribution >= 0.6 is 0 Å². The maximum atomic E-state index is 8.85. The van der Waals surface area contributed by atoms with E-state index in [1.54, 1.807) is 0 Å². The monoisotopic (exact) mass is 1350 g/mol. The third-order valence-corrected chi connectivity index (χ3v) is 0. The molecule has 0 unspecified atom stereocenters. The van der Waals surface area contributed by atoms with Gasteiger partial charge in [0, 0.05) is 10.4 Å². The van der Waals surface area contributed by atoms with Crippen molar-refractivity contribution in [3.05, 3.63) is 0 Å². The van der Waals surface area contributed by atoms with Gasteiger partial charge in [-0.05, 0) is 0 Å². The van der Waals surface area contributed by atoms with Crippen LogP contribution in [0.5, 0.6) is 0 Å². The zero-order valence-electron chi connectivity index (χ0n) is 20.9. The molecule has 0 fully saturated rings. The first-order valence-electron chi connectivity index (χ1n) is 5.56. The topological polar surface area (TPSA) is 801 Å². The minimum atomic E-state index is -5.52. The van der Waals surface area contributed by atoms with E-state index in [9.17, 15) is 0 Å². The molecule has 0 aliphatic carbocycles. The summed E-state index contributed by atoms with van der Waals surface area (Å²) in [7, 11) is -5.17. The molecule has 0 amide bonds. The summed E-state index contributed by atoms with van der Waals surface area (Å²) in [5, 5.41) is 0. The van der Waals surface area contributed by atoms with Crippen molar-refractivity contribution in [2.45, 2.75) is 0 Å². The standard InChI is InChI=1S/7Mo.2H3N.H2O4S.18H2O.14O/c;;;;;;;;;1-5(2,3)4;;;;;;;;;;;;;;;;;;;;;;;;;;;;;;;;/h;;;;;;;2*1H3;(H2,1,2,3,4);18*1H2;;;;;;;;;;;;;;/q7*+2;;;;;;;;;;;;;;;;;;;;;;;;;;;;;;;;;;;/p-14. The molecule has 46 heavy (non-hydrogen) atoms. The van der Waals surface area contributed by atoms with Crippen molar-refractivity contribution in [1.82, 2.24) is 12.3 Å². The Kier molecular flexibility index (Phi) is 77.2. The molecule has 0 bridgehead atoms. The summed E-state index contributed by atoms with van der Waals surface area (Å²) in [4.78, 5) is 0. The van der Waals surface area contributed by atoms with Gasteiger partial charge >= 0.3 is 217 Å². The van der Waals surface area contributed by atoms with Crippen molar-refractivity contribution in [3.8, 4) is 0 Å². The molecular formula is H30Mo7N2O36S. The third kappa shape index (κ3) is 74000. The molecule has 0 aromatic carbocycles. The molecule has 0 aliphatic heterocycles. The first-order chi connectivity index (χ1) is 16.0. The fourth-order valence-corrected chi connectivity index (χ4v) is 0. The molecule has 0 saturated heterocycles. The Labute approximate surface area is 276 Å². The Bertz CT molecular complexity index is 1070. The molecule has 30 N–H and O–H groups in total. The van der Waals surface area contributed by atoms with E-state index < -0.39 is 128 Å². The van der Waals surface area contributed by atoms with Gasteiger partial charge in [-0.2, -0.15) is 0 Å². The van der Waals surface area contributed by atoms with Crippen LogP contribution in [-0.2, 0) is 175 Å². The van der Waals surface area contributed by atoms with Gasteiger partial charge < -0.3 is 43.3 Å². The SMILES string of the molecule is O.O.O.O.O=S(=O)([O-])[O-].[NH4+].[NH4+].[O]=[Mo](=[O])([OH])[OH].[O]=[Mo](=[O])([OH])[OH].[O]=[Mo](=[O])([OH])[OH].[O]=[Mo](=[O])([OH])[OH].[O]=[Mo](=[O])([OH])[OH].[O]=[Mo](=[O])([OH])[OH].[O]=[Mo](=[O])([OH])[OH]. The van der Waals surface area contributed by atoms with E-state index in [0.717, 1.165) is 0 Å². The van der Waals surface area contributed by atoms with Crippen molar-refractivity contribution in [1.29, 1.82) is 0 Å².